The molecule has 0 spiro atoms. The summed E-state index contributed by atoms with van der Waals surface area (Å²) >= 11 is 1.66. The highest BCUT2D eigenvalue weighted by Crippen LogP contribution is 2.11. The standard InChI is InChI=1S/C7H12N2S.C4H10/c1-7(2,8)5-6-9-3-4-10-6;1-3-4-2/h3-4H,5,8H2,1-2H3;3-4H2,1-2H3. The van der Waals surface area contributed by atoms with E-state index >= 15 is 0 Å². The molecule has 3 heteroatoms. The van der Waals surface area contributed by atoms with Crippen molar-refractivity contribution in [2.24, 2.45) is 5.73 Å². The molecule has 0 radical (unpaired) electrons. The summed E-state index contributed by atoms with van der Waals surface area (Å²) < 4.78 is 0. The third kappa shape index (κ3) is 8.20. The molecule has 0 saturated carbocycles. The summed E-state index contributed by atoms with van der Waals surface area (Å²) in [5, 5.41) is 3.09. The topological polar surface area (TPSA) is 38.9 Å². The molecule has 0 aliphatic heterocycles. The van der Waals surface area contributed by atoms with Gasteiger partial charge in [0, 0.05) is 23.5 Å². The lowest BCUT2D eigenvalue weighted by molar-refractivity contribution is 0.515. The van der Waals surface area contributed by atoms with Crippen LogP contribution in [0.4, 0.5) is 0 Å². The largest absolute Gasteiger partial charge is 0.325 e. The molecular formula is C11H22N2S. The van der Waals surface area contributed by atoms with Gasteiger partial charge in [0.1, 0.15) is 0 Å². The van der Waals surface area contributed by atoms with Crippen LogP contribution in [0.2, 0.25) is 0 Å². The molecule has 1 rings (SSSR count). The first-order valence-electron chi connectivity index (χ1n) is 5.16. The number of hydrogen-bond acceptors (Lipinski definition) is 3. The Hall–Kier alpha value is -0.410. The highest BCUT2D eigenvalue weighted by molar-refractivity contribution is 7.09. The third-order valence-electron chi connectivity index (χ3n) is 1.59. The Morgan fingerprint density at radius 1 is 1.36 bits per heavy atom. The maximum atomic E-state index is 5.79. The van der Waals surface area contributed by atoms with Crippen molar-refractivity contribution in [3.63, 3.8) is 0 Å². The summed E-state index contributed by atoms with van der Waals surface area (Å²) in [4.78, 5) is 4.14. The number of hydrogen-bond donors (Lipinski definition) is 1. The van der Waals surface area contributed by atoms with Crippen molar-refractivity contribution in [3.8, 4) is 0 Å². The Balaban J connectivity index is 0.000000364. The van der Waals surface area contributed by atoms with Gasteiger partial charge in [-0.1, -0.05) is 26.7 Å². The van der Waals surface area contributed by atoms with Crippen molar-refractivity contribution in [2.75, 3.05) is 0 Å². The van der Waals surface area contributed by atoms with E-state index < -0.39 is 0 Å². The van der Waals surface area contributed by atoms with E-state index in [0.29, 0.717) is 0 Å². The highest BCUT2D eigenvalue weighted by atomic mass is 32.1. The van der Waals surface area contributed by atoms with Crippen LogP contribution in [-0.2, 0) is 6.42 Å². The smallest absolute Gasteiger partial charge is 0.0942 e. The van der Waals surface area contributed by atoms with Gasteiger partial charge in [-0.15, -0.1) is 11.3 Å². The van der Waals surface area contributed by atoms with E-state index in [4.69, 9.17) is 5.73 Å². The summed E-state index contributed by atoms with van der Waals surface area (Å²) in [6.45, 7) is 8.38. The zero-order valence-corrected chi connectivity index (χ0v) is 10.5. The quantitative estimate of drug-likeness (QED) is 0.839. The van der Waals surface area contributed by atoms with Gasteiger partial charge in [0.25, 0.3) is 0 Å². The molecule has 1 aromatic heterocycles. The number of thiazole rings is 1. The van der Waals surface area contributed by atoms with E-state index in [9.17, 15) is 0 Å². The van der Waals surface area contributed by atoms with Gasteiger partial charge in [0.15, 0.2) is 0 Å². The predicted octanol–water partition coefficient (Wildman–Crippen LogP) is 3.23. The maximum absolute atomic E-state index is 5.79. The van der Waals surface area contributed by atoms with Crippen molar-refractivity contribution in [1.29, 1.82) is 0 Å². The Kier molecular flexibility index (Phi) is 6.75. The second-order valence-corrected chi connectivity index (χ2v) is 5.07. The van der Waals surface area contributed by atoms with Crippen LogP contribution in [0.1, 0.15) is 45.5 Å². The van der Waals surface area contributed by atoms with Crippen LogP contribution >= 0.6 is 11.3 Å². The number of nitrogens with zero attached hydrogens (tertiary/aromatic N) is 1. The Labute approximate surface area is 91.6 Å². The van der Waals surface area contributed by atoms with Crippen molar-refractivity contribution in [3.05, 3.63) is 16.6 Å². The van der Waals surface area contributed by atoms with Gasteiger partial charge in [-0.2, -0.15) is 0 Å². The molecule has 14 heavy (non-hydrogen) atoms. The van der Waals surface area contributed by atoms with Crippen molar-refractivity contribution >= 4 is 11.3 Å². The van der Waals surface area contributed by atoms with Gasteiger partial charge in [-0.25, -0.2) is 4.98 Å². The second kappa shape index (κ2) is 6.96. The van der Waals surface area contributed by atoms with Gasteiger partial charge < -0.3 is 5.73 Å². The zero-order chi connectivity index (χ0) is 11.0. The molecule has 0 aliphatic carbocycles. The maximum Gasteiger partial charge on any atom is 0.0942 e. The normalized spacial score (nSPS) is 10.6. The van der Waals surface area contributed by atoms with Gasteiger partial charge in [-0.3, -0.25) is 0 Å². The molecule has 82 valence electrons. The van der Waals surface area contributed by atoms with Gasteiger partial charge in [0.2, 0.25) is 0 Å². The summed E-state index contributed by atoms with van der Waals surface area (Å²) in [7, 11) is 0. The molecule has 2 nitrogen and oxygen atoms in total. The number of rotatable bonds is 3. The minimum Gasteiger partial charge on any atom is -0.325 e. The Morgan fingerprint density at radius 3 is 2.21 bits per heavy atom. The molecule has 0 bridgehead atoms. The number of nitrogens with two attached hydrogens (primary N) is 1. The first-order chi connectivity index (χ1) is 6.49. The fraction of sp³-hybridized carbons (Fsp3) is 0.727. The first-order valence-corrected chi connectivity index (χ1v) is 6.04. The molecular weight excluding hydrogens is 192 g/mol. The predicted molar refractivity (Wildman–Crippen MR) is 64.7 cm³/mol. The molecule has 0 unspecified atom stereocenters. The lowest BCUT2D eigenvalue weighted by Crippen LogP contribution is -2.34. The summed E-state index contributed by atoms with van der Waals surface area (Å²) in [6, 6.07) is 0. The van der Waals surface area contributed by atoms with Crippen LogP contribution in [0.25, 0.3) is 0 Å². The van der Waals surface area contributed by atoms with Gasteiger partial charge >= 0.3 is 0 Å². The van der Waals surface area contributed by atoms with Gasteiger partial charge in [0.05, 0.1) is 5.01 Å². The van der Waals surface area contributed by atoms with Crippen molar-refractivity contribution < 1.29 is 0 Å². The van der Waals surface area contributed by atoms with Gasteiger partial charge in [-0.05, 0) is 13.8 Å². The monoisotopic (exact) mass is 214 g/mol. The van der Waals surface area contributed by atoms with E-state index in [1.807, 2.05) is 25.4 Å². The molecule has 0 fully saturated rings. The average Bonchev–Trinajstić information content (AvgIpc) is 2.54. The Bertz CT molecular complexity index is 210. The lowest BCUT2D eigenvalue weighted by Gasteiger charge is -2.15. The van der Waals surface area contributed by atoms with Crippen LogP contribution in [0, 0.1) is 0 Å². The van der Waals surface area contributed by atoms with E-state index in [0.717, 1.165) is 11.4 Å². The van der Waals surface area contributed by atoms with E-state index in [1.54, 1.807) is 11.3 Å². The second-order valence-electron chi connectivity index (χ2n) is 4.09. The van der Waals surface area contributed by atoms with E-state index in [1.165, 1.54) is 12.8 Å². The summed E-state index contributed by atoms with van der Waals surface area (Å²) in [5.74, 6) is 0. The molecule has 0 atom stereocenters. The summed E-state index contributed by atoms with van der Waals surface area (Å²) in [6.07, 6.45) is 5.32. The molecule has 1 aromatic rings. The van der Waals surface area contributed by atoms with Crippen LogP contribution in [0.15, 0.2) is 11.6 Å². The van der Waals surface area contributed by atoms with Crippen LogP contribution in [0.3, 0.4) is 0 Å². The zero-order valence-electron chi connectivity index (χ0n) is 9.71. The highest BCUT2D eigenvalue weighted by Gasteiger charge is 2.12. The minimum atomic E-state index is -0.127. The SMILES string of the molecule is CC(C)(N)Cc1nccs1.CCCC. The molecule has 0 aliphatic rings. The third-order valence-corrected chi connectivity index (χ3v) is 2.37. The lowest BCUT2D eigenvalue weighted by atomic mass is 10.0. The summed E-state index contributed by atoms with van der Waals surface area (Å²) in [5.41, 5.74) is 5.67. The molecule has 2 N–H and O–H groups in total. The first kappa shape index (κ1) is 13.6. The fourth-order valence-electron chi connectivity index (χ4n) is 0.730. The molecule has 0 aromatic carbocycles. The minimum absolute atomic E-state index is 0.127. The van der Waals surface area contributed by atoms with Crippen molar-refractivity contribution in [2.45, 2.75) is 52.5 Å². The number of unbranched alkanes of at least 4 members (excludes halogenated alkanes) is 1. The Morgan fingerprint density at radius 2 is 1.93 bits per heavy atom. The molecule has 0 saturated heterocycles. The molecule has 0 amide bonds. The van der Waals surface area contributed by atoms with E-state index in [2.05, 4.69) is 18.8 Å². The number of aromatic nitrogens is 1. The van der Waals surface area contributed by atoms with Crippen LogP contribution < -0.4 is 5.73 Å². The fourth-order valence-corrected chi connectivity index (χ4v) is 1.59. The van der Waals surface area contributed by atoms with Crippen LogP contribution in [-0.4, -0.2) is 10.5 Å². The average molecular weight is 214 g/mol. The van der Waals surface area contributed by atoms with Crippen LogP contribution in [0.5, 0.6) is 0 Å². The van der Waals surface area contributed by atoms with Crippen molar-refractivity contribution in [1.82, 2.24) is 4.98 Å². The van der Waals surface area contributed by atoms with E-state index in [-0.39, 0.29) is 5.54 Å². The molecule has 1 heterocycles.